The Hall–Kier alpha value is -1.67. The highest BCUT2D eigenvalue weighted by Gasteiger charge is 2.44. The number of hydrogen-bond donors (Lipinski definition) is 1. The Morgan fingerprint density at radius 2 is 2.05 bits per heavy atom. The molecule has 114 valence electrons. The van der Waals surface area contributed by atoms with Gasteiger partial charge in [0.05, 0.1) is 0 Å². The van der Waals surface area contributed by atoms with Gasteiger partial charge < -0.3 is 10.0 Å². The summed E-state index contributed by atoms with van der Waals surface area (Å²) in [5.74, 6) is -2.11. The van der Waals surface area contributed by atoms with Gasteiger partial charge in [-0.25, -0.2) is 4.79 Å². The third kappa shape index (κ3) is 3.16. The van der Waals surface area contributed by atoms with E-state index in [1.807, 2.05) is 0 Å². The zero-order chi connectivity index (χ0) is 15.8. The highest BCUT2D eigenvalue weighted by atomic mass is 35.5. The molecule has 1 aromatic carbocycles. The van der Waals surface area contributed by atoms with Crippen molar-refractivity contribution in [3.8, 4) is 0 Å². The first kappa shape index (κ1) is 15.7. The number of nitrogens with zero attached hydrogens (tertiary/aromatic N) is 1. The Balaban J connectivity index is 2.39. The maximum Gasteiger partial charge on any atom is 0.331 e. The minimum atomic E-state index is -4.91. The quantitative estimate of drug-likeness (QED) is 0.839. The molecule has 0 bridgehead atoms. The van der Waals surface area contributed by atoms with Crippen molar-refractivity contribution in [2.45, 2.75) is 17.7 Å². The van der Waals surface area contributed by atoms with Gasteiger partial charge in [-0.2, -0.15) is 8.42 Å². The maximum absolute atomic E-state index is 13.0. The Morgan fingerprint density at radius 1 is 1.43 bits per heavy atom. The monoisotopic (exact) mass is 335 g/mol. The van der Waals surface area contributed by atoms with Gasteiger partial charge in [0.25, 0.3) is 0 Å². The molecule has 0 spiro atoms. The average Bonchev–Trinajstić information content (AvgIpc) is 2.74. The third-order valence-corrected chi connectivity index (χ3v) is 4.72. The van der Waals surface area contributed by atoms with Crippen LogP contribution >= 0.6 is 11.6 Å². The van der Waals surface area contributed by atoms with Gasteiger partial charge in [0.2, 0.25) is 5.91 Å². The third-order valence-electron chi connectivity index (χ3n) is 3.27. The number of carboxylic acids is 1. The van der Waals surface area contributed by atoms with Crippen molar-refractivity contribution in [2.75, 3.05) is 6.54 Å². The van der Waals surface area contributed by atoms with E-state index in [0.29, 0.717) is 0 Å². The fourth-order valence-corrected chi connectivity index (χ4v) is 3.19. The predicted molar refractivity (Wildman–Crippen MR) is 72.0 cm³/mol. The summed E-state index contributed by atoms with van der Waals surface area (Å²) in [4.78, 5) is 24.1. The lowest BCUT2D eigenvalue weighted by Gasteiger charge is -2.25. The fourth-order valence-electron chi connectivity index (χ4n) is 2.27. The lowest BCUT2D eigenvalue weighted by atomic mass is 10.1. The summed E-state index contributed by atoms with van der Waals surface area (Å²) in [5, 5.41) is 7.90. The van der Waals surface area contributed by atoms with Crippen molar-refractivity contribution in [3.63, 3.8) is 0 Å². The van der Waals surface area contributed by atoms with Gasteiger partial charge >= 0.3 is 16.2 Å². The number of benzene rings is 1. The second-order valence-electron chi connectivity index (χ2n) is 4.61. The molecule has 9 heteroatoms. The van der Waals surface area contributed by atoms with Gasteiger partial charge in [-0.3, -0.25) is 4.79 Å². The SMILES string of the molecule is O=C(O)[C@@H](c1ccccc1Cl)N1CC(S(=O)(=O)F)CC1=O. The van der Waals surface area contributed by atoms with Gasteiger partial charge in [-0.1, -0.05) is 29.8 Å². The highest BCUT2D eigenvalue weighted by molar-refractivity contribution is 7.87. The Kier molecular flexibility index (Phi) is 4.20. The van der Waals surface area contributed by atoms with Crippen molar-refractivity contribution < 1.29 is 27.0 Å². The van der Waals surface area contributed by atoms with Crippen molar-refractivity contribution in [1.29, 1.82) is 0 Å². The lowest BCUT2D eigenvalue weighted by Crippen LogP contribution is -2.36. The van der Waals surface area contributed by atoms with Crippen LogP contribution < -0.4 is 0 Å². The molecule has 6 nitrogen and oxygen atoms in total. The Morgan fingerprint density at radius 3 is 2.52 bits per heavy atom. The Labute approximate surface area is 125 Å². The number of carbonyl (C=O) groups excluding carboxylic acids is 1. The first-order valence-electron chi connectivity index (χ1n) is 5.92. The van der Waals surface area contributed by atoms with Crippen LogP contribution in [0.15, 0.2) is 24.3 Å². The van der Waals surface area contributed by atoms with Gasteiger partial charge in [0.15, 0.2) is 6.04 Å². The molecule has 0 radical (unpaired) electrons. The second-order valence-corrected chi connectivity index (χ2v) is 6.64. The van der Waals surface area contributed by atoms with E-state index >= 15 is 0 Å². The molecule has 1 aliphatic rings. The van der Waals surface area contributed by atoms with Crippen LogP contribution in [0, 0.1) is 0 Å². The van der Waals surface area contributed by atoms with Crippen molar-refractivity contribution in [2.24, 2.45) is 0 Å². The van der Waals surface area contributed by atoms with Crippen LogP contribution in [0.5, 0.6) is 0 Å². The predicted octanol–water partition coefficient (Wildman–Crippen LogP) is 1.37. The molecular weight excluding hydrogens is 325 g/mol. The van der Waals surface area contributed by atoms with Crippen LogP contribution in [0.25, 0.3) is 0 Å². The zero-order valence-electron chi connectivity index (χ0n) is 10.6. The number of halogens is 2. The number of likely N-dealkylation sites (tertiary alicyclic amines) is 1. The molecule has 1 saturated heterocycles. The largest absolute Gasteiger partial charge is 0.479 e. The molecule has 1 heterocycles. The molecule has 21 heavy (non-hydrogen) atoms. The molecule has 1 unspecified atom stereocenters. The van der Waals surface area contributed by atoms with E-state index in [-0.39, 0.29) is 10.6 Å². The van der Waals surface area contributed by atoms with E-state index in [1.54, 1.807) is 12.1 Å². The summed E-state index contributed by atoms with van der Waals surface area (Å²) in [7, 11) is -4.91. The molecule has 1 N–H and O–H groups in total. The number of rotatable bonds is 4. The summed E-state index contributed by atoms with van der Waals surface area (Å²) < 4.78 is 34.8. The van der Waals surface area contributed by atoms with Crippen LogP contribution in [0.4, 0.5) is 3.89 Å². The van der Waals surface area contributed by atoms with E-state index in [1.165, 1.54) is 12.1 Å². The van der Waals surface area contributed by atoms with Crippen LogP contribution in [0.3, 0.4) is 0 Å². The standard InChI is InChI=1S/C12H11ClFNO5S/c13-9-4-2-1-3-8(9)11(12(17)18)15-6-7(5-10(15)16)21(14,19)20/h1-4,7,11H,5-6H2,(H,17,18)/t7?,11-/m1/s1. The summed E-state index contributed by atoms with van der Waals surface area (Å²) >= 11 is 5.92. The number of amides is 1. The molecular formula is C12H11ClFNO5S. The summed E-state index contributed by atoms with van der Waals surface area (Å²) in [6.07, 6.45) is -0.576. The fraction of sp³-hybridized carbons (Fsp3) is 0.333. The van der Waals surface area contributed by atoms with Crippen LogP contribution in [0.2, 0.25) is 5.02 Å². The van der Waals surface area contributed by atoms with E-state index in [9.17, 15) is 27.0 Å². The molecule has 1 fully saturated rings. The first-order chi connectivity index (χ1) is 9.71. The zero-order valence-corrected chi connectivity index (χ0v) is 12.1. The molecule has 1 aliphatic heterocycles. The Bertz CT molecular complexity index is 693. The average molecular weight is 336 g/mol. The minimum Gasteiger partial charge on any atom is -0.479 e. The molecule has 0 saturated carbocycles. The van der Waals surface area contributed by atoms with Crippen LogP contribution in [-0.4, -0.2) is 42.1 Å². The topological polar surface area (TPSA) is 91.8 Å². The maximum atomic E-state index is 13.0. The van der Waals surface area contributed by atoms with E-state index in [0.717, 1.165) is 4.90 Å². The number of aliphatic carboxylic acids is 1. The smallest absolute Gasteiger partial charge is 0.331 e. The highest BCUT2D eigenvalue weighted by Crippen LogP contribution is 2.32. The van der Waals surface area contributed by atoms with E-state index < -0.39 is 46.4 Å². The molecule has 2 rings (SSSR count). The minimum absolute atomic E-state index is 0.129. The van der Waals surface area contributed by atoms with E-state index in [4.69, 9.17) is 11.6 Å². The molecule has 0 aromatic heterocycles. The van der Waals surface area contributed by atoms with E-state index in [2.05, 4.69) is 0 Å². The summed E-state index contributed by atoms with van der Waals surface area (Å²) in [6, 6.07) is 4.56. The number of hydrogen-bond acceptors (Lipinski definition) is 4. The van der Waals surface area contributed by atoms with Crippen molar-refractivity contribution in [1.82, 2.24) is 4.90 Å². The molecule has 1 amide bonds. The molecule has 2 atom stereocenters. The molecule has 1 aromatic rings. The summed E-state index contributed by atoms with van der Waals surface area (Å²) in [6.45, 7) is -0.514. The number of carboxylic acid groups (broad SMARTS) is 1. The van der Waals surface area contributed by atoms with Gasteiger partial charge in [-0.05, 0) is 6.07 Å². The van der Waals surface area contributed by atoms with Crippen molar-refractivity contribution >= 4 is 33.7 Å². The van der Waals surface area contributed by atoms with Crippen LogP contribution in [-0.2, 0) is 19.8 Å². The normalized spacial score (nSPS) is 20.6. The lowest BCUT2D eigenvalue weighted by molar-refractivity contribution is -0.148. The second kappa shape index (κ2) is 5.61. The molecule has 0 aliphatic carbocycles. The number of carbonyl (C=O) groups is 2. The van der Waals surface area contributed by atoms with Crippen LogP contribution in [0.1, 0.15) is 18.0 Å². The van der Waals surface area contributed by atoms with Gasteiger partial charge in [0.1, 0.15) is 5.25 Å². The first-order valence-corrected chi connectivity index (χ1v) is 7.74. The summed E-state index contributed by atoms with van der Waals surface area (Å²) in [5.41, 5.74) is 0.150. The van der Waals surface area contributed by atoms with Crippen molar-refractivity contribution in [3.05, 3.63) is 34.9 Å². The van der Waals surface area contributed by atoms with Gasteiger partial charge in [0, 0.05) is 23.6 Å². The van der Waals surface area contributed by atoms with Gasteiger partial charge in [-0.15, -0.1) is 3.89 Å².